The Balaban J connectivity index is 1.12. The van der Waals surface area contributed by atoms with Crippen LogP contribution in [-0.4, -0.2) is 118 Å². The van der Waals surface area contributed by atoms with Gasteiger partial charge in [-0.25, -0.2) is 9.13 Å². The molecule has 0 fully saturated rings. The molecule has 0 bridgehead atoms. The minimum atomic E-state index is -1.80. The predicted octanol–water partition coefficient (Wildman–Crippen LogP) is -3.19. The Morgan fingerprint density at radius 1 is 0.452 bits per heavy atom. The second-order valence-corrected chi connectivity index (χ2v) is 20.2. The fourth-order valence-electron chi connectivity index (χ4n) is 9.63. The van der Waals surface area contributed by atoms with Gasteiger partial charge in [0.15, 0.2) is 75.8 Å². The van der Waals surface area contributed by atoms with Crippen molar-refractivity contribution in [3.8, 4) is 22.3 Å². The van der Waals surface area contributed by atoms with Crippen molar-refractivity contribution in [1.29, 1.82) is 0 Å². The van der Waals surface area contributed by atoms with Crippen LogP contribution < -0.4 is 61.4 Å². The summed E-state index contributed by atoms with van der Waals surface area (Å²) in [6, 6.07) is 36.4. The Morgan fingerprint density at radius 3 is 1.23 bits per heavy atom. The first-order chi connectivity index (χ1) is 40.4. The van der Waals surface area contributed by atoms with E-state index in [0.717, 1.165) is 0 Å². The standard InChI is InChI=1S/C60H60B4N8O12/c1-41(2)57(73)65-24-13-25-66-60(76)56(68-59(75)51-29-49(38-72(40-51)36-47-17-6-10-23-55(47)64(83)84)43-19-12-27-70(32-43)34-45-15-4-8-21-53(45)62(79)80)30-67-58(74)50-28-48(37-71(39-50)35-46-16-5-9-22-54(46)63(81)82)42-18-11-26-69(31-42)33-44-14-3-7-20-52(44)61(77)78/h3-12,14-23,26-29,31-32,37-40,56,77-84H,1,13,24-25,30,33-36H2,2H3/p+4. The molecule has 0 aliphatic carbocycles. The summed E-state index contributed by atoms with van der Waals surface area (Å²) in [6.45, 7) is 5.79. The Labute approximate surface area is 486 Å². The molecular weight excluding hydrogens is 1070 g/mol. The average molecular weight is 1130 g/mol. The third-order valence-electron chi connectivity index (χ3n) is 13.9. The number of carbonyl (C=O) groups is 4. The van der Waals surface area contributed by atoms with E-state index in [0.29, 0.717) is 67.4 Å². The van der Waals surface area contributed by atoms with Gasteiger partial charge in [-0.05, 0) is 59.5 Å². The maximum absolute atomic E-state index is 14.8. The molecule has 20 nitrogen and oxygen atoms in total. The van der Waals surface area contributed by atoms with Crippen LogP contribution in [-0.2, 0) is 35.8 Å². The molecule has 4 aromatic heterocycles. The number of nitrogens with one attached hydrogen (secondary N) is 4. The predicted molar refractivity (Wildman–Crippen MR) is 315 cm³/mol. The number of pyridine rings is 4. The van der Waals surface area contributed by atoms with Crippen molar-refractivity contribution in [1.82, 2.24) is 21.3 Å². The van der Waals surface area contributed by atoms with Gasteiger partial charge in [0.1, 0.15) is 17.2 Å². The smallest absolute Gasteiger partial charge is 0.423 e. The molecule has 12 N–H and O–H groups in total. The van der Waals surface area contributed by atoms with Crippen molar-refractivity contribution in [2.24, 2.45) is 0 Å². The normalized spacial score (nSPS) is 11.2. The van der Waals surface area contributed by atoms with Crippen molar-refractivity contribution in [2.45, 2.75) is 45.6 Å². The third kappa shape index (κ3) is 16.4. The van der Waals surface area contributed by atoms with Crippen molar-refractivity contribution in [2.75, 3.05) is 19.6 Å². The number of aromatic nitrogens is 4. The zero-order valence-electron chi connectivity index (χ0n) is 46.1. The van der Waals surface area contributed by atoms with Crippen LogP contribution in [0, 0.1) is 0 Å². The van der Waals surface area contributed by atoms with Crippen molar-refractivity contribution < 1.29 is 77.6 Å². The van der Waals surface area contributed by atoms with Crippen LogP contribution in [0.2, 0.25) is 0 Å². The summed E-state index contributed by atoms with van der Waals surface area (Å²) in [7, 11) is -6.97. The summed E-state index contributed by atoms with van der Waals surface area (Å²) in [5, 5.41) is 92.6. The van der Waals surface area contributed by atoms with E-state index in [2.05, 4.69) is 27.8 Å². The quantitative estimate of drug-likeness (QED) is 0.0117. The maximum Gasteiger partial charge on any atom is 0.488 e. The zero-order chi connectivity index (χ0) is 59.9. The highest BCUT2D eigenvalue weighted by Gasteiger charge is 2.28. The van der Waals surface area contributed by atoms with Gasteiger partial charge in [-0.15, -0.1) is 0 Å². The zero-order valence-corrected chi connectivity index (χ0v) is 46.1. The van der Waals surface area contributed by atoms with Gasteiger partial charge < -0.3 is 61.5 Å². The van der Waals surface area contributed by atoms with E-state index in [-0.39, 0.29) is 67.2 Å². The van der Waals surface area contributed by atoms with Crippen LogP contribution in [0.25, 0.3) is 22.3 Å². The van der Waals surface area contributed by atoms with E-state index < -0.39 is 58.8 Å². The lowest BCUT2D eigenvalue weighted by Gasteiger charge is -2.19. The molecule has 4 heterocycles. The van der Waals surface area contributed by atoms with Crippen LogP contribution in [0.1, 0.15) is 56.3 Å². The average Bonchev–Trinajstić information content (AvgIpc) is 3.67. The SMILES string of the molecule is C=C(C)C(=O)NCCCNC(=O)C(CNC(=O)c1cc(-c2ccc[n+](Cc3ccccc3B(O)O)c2)c[n+](Cc2ccccc2B(O)O)c1)NC(=O)c1cc(-c2ccc[n+](Cc3ccccc3B(O)O)c2)c[n+](Cc2ccccc2B(O)O)c1. The van der Waals surface area contributed by atoms with Crippen LogP contribution >= 0.6 is 0 Å². The second kappa shape index (κ2) is 28.8. The summed E-state index contributed by atoms with van der Waals surface area (Å²) in [4.78, 5) is 55.8. The highest BCUT2D eigenvalue weighted by atomic mass is 16.4. The van der Waals surface area contributed by atoms with Gasteiger partial charge in [-0.2, -0.15) is 9.13 Å². The summed E-state index contributed by atoms with van der Waals surface area (Å²) < 4.78 is 7.11. The Kier molecular flexibility index (Phi) is 21.0. The molecule has 0 radical (unpaired) electrons. The fourth-order valence-corrected chi connectivity index (χ4v) is 9.63. The van der Waals surface area contributed by atoms with E-state index in [9.17, 15) is 59.4 Å². The lowest BCUT2D eigenvalue weighted by molar-refractivity contribution is -0.689. The van der Waals surface area contributed by atoms with Crippen LogP contribution in [0.5, 0.6) is 0 Å². The molecule has 0 saturated carbocycles. The molecule has 1 atom stereocenters. The highest BCUT2D eigenvalue weighted by molar-refractivity contribution is 6.60. The number of carbonyl (C=O) groups excluding carboxylic acids is 4. The van der Waals surface area contributed by atoms with Gasteiger partial charge in [0, 0.05) is 59.6 Å². The molecule has 0 aliphatic rings. The third-order valence-corrected chi connectivity index (χ3v) is 13.9. The van der Waals surface area contributed by atoms with Crippen molar-refractivity contribution >= 4 is 74.0 Å². The molecule has 0 spiro atoms. The van der Waals surface area contributed by atoms with Gasteiger partial charge in [-0.3, -0.25) is 19.2 Å². The van der Waals surface area contributed by atoms with E-state index in [1.54, 1.807) is 162 Å². The molecular formula is C60H64B4N8O12+4. The van der Waals surface area contributed by atoms with Gasteiger partial charge >= 0.3 is 28.5 Å². The van der Waals surface area contributed by atoms with Crippen LogP contribution in [0.4, 0.5) is 0 Å². The lowest BCUT2D eigenvalue weighted by atomic mass is 9.77. The summed E-state index contributed by atoms with van der Waals surface area (Å²) in [5.41, 5.74) is 6.55. The number of hydrogen-bond donors (Lipinski definition) is 12. The Hall–Kier alpha value is -8.96. The van der Waals surface area contributed by atoms with Crippen molar-refractivity contribution in [3.63, 3.8) is 0 Å². The first-order valence-corrected chi connectivity index (χ1v) is 27.0. The second-order valence-electron chi connectivity index (χ2n) is 20.2. The Bertz CT molecular complexity index is 3690. The summed E-state index contributed by atoms with van der Waals surface area (Å²) in [6.07, 6.45) is 14.3. The molecule has 8 aromatic rings. The summed E-state index contributed by atoms with van der Waals surface area (Å²) >= 11 is 0. The number of nitrogens with zero attached hydrogens (tertiary/aromatic N) is 4. The van der Waals surface area contributed by atoms with E-state index >= 15 is 0 Å². The van der Waals surface area contributed by atoms with Crippen LogP contribution in [0.15, 0.2) is 195 Å². The molecule has 424 valence electrons. The fraction of sp³-hybridized carbons (Fsp3) is 0.167. The van der Waals surface area contributed by atoms with Crippen molar-refractivity contribution in [3.05, 3.63) is 229 Å². The monoisotopic (exact) mass is 1130 g/mol. The van der Waals surface area contributed by atoms with E-state index in [4.69, 9.17) is 0 Å². The number of benzene rings is 4. The first-order valence-electron chi connectivity index (χ1n) is 27.0. The molecule has 24 heteroatoms. The summed E-state index contributed by atoms with van der Waals surface area (Å²) in [5.74, 6) is -2.35. The van der Waals surface area contributed by atoms with E-state index in [1.165, 1.54) is 0 Å². The molecule has 0 aliphatic heterocycles. The highest BCUT2D eigenvalue weighted by Crippen LogP contribution is 2.20. The van der Waals surface area contributed by atoms with Gasteiger partial charge in [0.25, 0.3) is 11.8 Å². The molecule has 84 heavy (non-hydrogen) atoms. The molecule has 0 saturated heterocycles. The molecule has 4 aromatic carbocycles. The number of rotatable bonds is 25. The number of hydrogen-bond acceptors (Lipinski definition) is 12. The molecule has 4 amide bonds. The minimum absolute atomic E-state index is 0.0757. The Morgan fingerprint density at radius 2 is 0.821 bits per heavy atom. The largest absolute Gasteiger partial charge is 0.488 e. The topological polar surface area (TPSA) is 294 Å². The maximum atomic E-state index is 14.8. The van der Waals surface area contributed by atoms with Gasteiger partial charge in [0.05, 0.1) is 22.3 Å². The van der Waals surface area contributed by atoms with Gasteiger partial charge in [-0.1, -0.05) is 104 Å². The van der Waals surface area contributed by atoms with Gasteiger partial charge in [0.2, 0.25) is 11.8 Å². The molecule has 8 rings (SSSR count). The minimum Gasteiger partial charge on any atom is -0.423 e. The molecule has 1 unspecified atom stereocenters. The first kappa shape index (κ1) is 61.1. The lowest BCUT2D eigenvalue weighted by Crippen LogP contribution is -2.53. The van der Waals surface area contributed by atoms with E-state index in [1.807, 2.05) is 46.1 Å². The van der Waals surface area contributed by atoms with Crippen LogP contribution in [0.3, 0.4) is 0 Å². The number of amides is 4.